The van der Waals surface area contributed by atoms with Gasteiger partial charge in [-0.3, -0.25) is 4.79 Å². The van der Waals surface area contributed by atoms with Crippen LogP contribution in [0.4, 0.5) is 8.78 Å². The summed E-state index contributed by atoms with van der Waals surface area (Å²) in [4.78, 5) is 16.1. The second-order valence-electron chi connectivity index (χ2n) is 3.57. The van der Waals surface area contributed by atoms with Crippen LogP contribution < -0.4 is 5.32 Å². The van der Waals surface area contributed by atoms with Crippen molar-refractivity contribution >= 4 is 11.6 Å². The van der Waals surface area contributed by atoms with E-state index in [0.717, 1.165) is 18.2 Å². The lowest BCUT2D eigenvalue weighted by Crippen LogP contribution is -2.31. The Kier molecular flexibility index (Phi) is 3.03. The first-order valence-electron chi connectivity index (χ1n) is 5.01. The van der Waals surface area contributed by atoms with Crippen LogP contribution in [0.25, 0.3) is 0 Å². The van der Waals surface area contributed by atoms with E-state index in [1.54, 1.807) is 0 Å². The number of carbonyl (C=O) groups is 1. The maximum Gasteiger partial charge on any atom is 0.264 e. The van der Waals surface area contributed by atoms with E-state index in [4.69, 9.17) is 4.84 Å². The van der Waals surface area contributed by atoms with Crippen LogP contribution in [0.15, 0.2) is 23.4 Å². The second kappa shape index (κ2) is 4.48. The van der Waals surface area contributed by atoms with Gasteiger partial charge in [0.15, 0.2) is 0 Å². The second-order valence-corrected chi connectivity index (χ2v) is 3.57. The quantitative estimate of drug-likeness (QED) is 0.844. The minimum absolute atomic E-state index is 0.0244. The lowest BCUT2D eigenvalue weighted by molar-refractivity contribution is -0.130. The van der Waals surface area contributed by atoms with E-state index >= 15 is 0 Å². The highest BCUT2D eigenvalue weighted by molar-refractivity contribution is 6.04. The molecule has 17 heavy (non-hydrogen) atoms. The molecule has 1 aromatic rings. The van der Waals surface area contributed by atoms with Crippen molar-refractivity contribution in [3.8, 4) is 0 Å². The monoisotopic (exact) mass is 240 g/mol. The number of carbonyl (C=O) groups excluding carboxylic acids is 1. The number of oxime groups is 1. The minimum atomic E-state index is -0.780. The number of benzene rings is 1. The Morgan fingerprint density at radius 1 is 1.53 bits per heavy atom. The van der Waals surface area contributed by atoms with Gasteiger partial charge in [-0.1, -0.05) is 5.16 Å². The fraction of sp³-hybridized carbons (Fsp3) is 0.273. The summed E-state index contributed by atoms with van der Waals surface area (Å²) in [7, 11) is 1.46. The predicted molar refractivity (Wildman–Crippen MR) is 56.5 cm³/mol. The number of halogens is 2. The van der Waals surface area contributed by atoms with Gasteiger partial charge in [0.05, 0.1) is 5.71 Å². The van der Waals surface area contributed by atoms with Crippen LogP contribution in [0.2, 0.25) is 0 Å². The lowest BCUT2D eigenvalue weighted by Gasteiger charge is -2.05. The fourth-order valence-electron chi connectivity index (χ4n) is 1.56. The highest BCUT2D eigenvalue weighted by Gasteiger charge is 2.29. The van der Waals surface area contributed by atoms with E-state index in [-0.39, 0.29) is 23.6 Å². The molecule has 6 heteroatoms. The largest absolute Gasteiger partial charge is 0.382 e. The van der Waals surface area contributed by atoms with E-state index < -0.39 is 17.7 Å². The highest BCUT2D eigenvalue weighted by atomic mass is 19.1. The molecule has 90 valence electrons. The first-order valence-corrected chi connectivity index (χ1v) is 5.01. The van der Waals surface area contributed by atoms with Gasteiger partial charge in [-0.15, -0.1) is 0 Å². The standard InChI is InChI=1S/C11H10F2N2O2/c1-14-11(16)10-5-9(15-17-10)7-4-6(12)2-3-8(7)13/h2-4,10H,5H2,1H3,(H,14,16)/t10-/m0/s1. The van der Waals surface area contributed by atoms with Gasteiger partial charge in [-0.05, 0) is 18.2 Å². The zero-order valence-corrected chi connectivity index (χ0v) is 9.04. The van der Waals surface area contributed by atoms with Crippen molar-refractivity contribution in [1.29, 1.82) is 0 Å². The van der Waals surface area contributed by atoms with E-state index in [9.17, 15) is 13.6 Å². The maximum atomic E-state index is 13.4. The highest BCUT2D eigenvalue weighted by Crippen LogP contribution is 2.19. The molecule has 0 spiro atoms. The molecule has 0 saturated heterocycles. The molecule has 0 unspecified atom stereocenters. The SMILES string of the molecule is CNC(=O)[C@@H]1CC(c2cc(F)ccc2F)=NO1. The molecule has 1 amide bonds. The molecule has 1 aliphatic rings. The van der Waals surface area contributed by atoms with Gasteiger partial charge in [-0.25, -0.2) is 8.78 Å². The van der Waals surface area contributed by atoms with Gasteiger partial charge in [0.1, 0.15) is 11.6 Å². The molecule has 0 aromatic heterocycles. The molecular formula is C11H10F2N2O2. The summed E-state index contributed by atoms with van der Waals surface area (Å²) in [6.45, 7) is 0. The molecule has 0 aliphatic carbocycles. The predicted octanol–water partition coefficient (Wildman–Crippen LogP) is 1.20. The first kappa shape index (κ1) is 11.5. The molecular weight excluding hydrogens is 230 g/mol. The number of likely N-dealkylation sites (N-methyl/N-ethyl adjacent to an activating group) is 1. The first-order chi connectivity index (χ1) is 8.11. The molecule has 1 aliphatic heterocycles. The third-order valence-electron chi connectivity index (χ3n) is 2.45. The summed E-state index contributed by atoms with van der Waals surface area (Å²) < 4.78 is 26.4. The van der Waals surface area contributed by atoms with Crippen LogP contribution in [0, 0.1) is 11.6 Å². The number of hydrogen-bond acceptors (Lipinski definition) is 3. The van der Waals surface area contributed by atoms with Crippen molar-refractivity contribution in [1.82, 2.24) is 5.32 Å². The van der Waals surface area contributed by atoms with E-state index in [1.165, 1.54) is 7.05 Å². The summed E-state index contributed by atoms with van der Waals surface area (Å²) in [6, 6.07) is 3.07. The Labute approximate surface area is 96.3 Å². The number of hydrogen-bond donors (Lipinski definition) is 1. The van der Waals surface area contributed by atoms with Crippen LogP contribution in [0.5, 0.6) is 0 Å². The van der Waals surface area contributed by atoms with Crippen molar-refractivity contribution in [2.75, 3.05) is 7.05 Å². The third kappa shape index (κ3) is 2.25. The fourth-order valence-corrected chi connectivity index (χ4v) is 1.56. The van der Waals surface area contributed by atoms with Gasteiger partial charge in [-0.2, -0.15) is 0 Å². The maximum absolute atomic E-state index is 13.4. The van der Waals surface area contributed by atoms with E-state index in [0.29, 0.717) is 0 Å². The number of nitrogens with zero attached hydrogens (tertiary/aromatic N) is 1. The molecule has 1 aromatic carbocycles. The smallest absolute Gasteiger partial charge is 0.264 e. The van der Waals surface area contributed by atoms with Crippen LogP contribution in [-0.4, -0.2) is 24.8 Å². The van der Waals surface area contributed by atoms with Gasteiger partial charge < -0.3 is 10.2 Å². The van der Waals surface area contributed by atoms with Gasteiger partial charge in [0, 0.05) is 19.0 Å². The van der Waals surface area contributed by atoms with Crippen molar-refractivity contribution < 1.29 is 18.4 Å². The number of amides is 1. The molecule has 1 atom stereocenters. The lowest BCUT2D eigenvalue weighted by atomic mass is 10.0. The molecule has 0 bridgehead atoms. The summed E-state index contributed by atoms with van der Waals surface area (Å²) in [5.41, 5.74) is 0.256. The van der Waals surface area contributed by atoms with Gasteiger partial charge in [0.2, 0.25) is 6.10 Å². The van der Waals surface area contributed by atoms with Crippen molar-refractivity contribution in [2.24, 2.45) is 5.16 Å². The summed E-state index contributed by atoms with van der Waals surface area (Å²) in [6.07, 6.45) is -0.655. The normalized spacial score (nSPS) is 18.5. The zero-order valence-electron chi connectivity index (χ0n) is 9.04. The Bertz CT molecular complexity index is 488. The van der Waals surface area contributed by atoms with Crippen LogP contribution in [0.3, 0.4) is 0 Å². The number of rotatable bonds is 2. The van der Waals surface area contributed by atoms with Gasteiger partial charge in [0.25, 0.3) is 5.91 Å². The summed E-state index contributed by atoms with van der Waals surface area (Å²) in [5.74, 6) is -1.50. The molecule has 0 fully saturated rings. The average molecular weight is 240 g/mol. The van der Waals surface area contributed by atoms with E-state index in [2.05, 4.69) is 10.5 Å². The average Bonchev–Trinajstić information content (AvgIpc) is 2.80. The van der Waals surface area contributed by atoms with Crippen LogP contribution in [-0.2, 0) is 9.63 Å². The Morgan fingerprint density at radius 2 is 2.29 bits per heavy atom. The van der Waals surface area contributed by atoms with E-state index in [1.807, 2.05) is 0 Å². The Hall–Kier alpha value is -1.98. The Balaban J connectivity index is 2.20. The Morgan fingerprint density at radius 3 is 3.00 bits per heavy atom. The van der Waals surface area contributed by atoms with Gasteiger partial charge >= 0.3 is 0 Å². The summed E-state index contributed by atoms with van der Waals surface area (Å²) >= 11 is 0. The summed E-state index contributed by atoms with van der Waals surface area (Å²) in [5, 5.41) is 6.01. The van der Waals surface area contributed by atoms with Crippen molar-refractivity contribution in [2.45, 2.75) is 12.5 Å². The molecule has 2 rings (SSSR count). The molecule has 4 nitrogen and oxygen atoms in total. The number of nitrogens with one attached hydrogen (secondary N) is 1. The third-order valence-corrected chi connectivity index (χ3v) is 2.45. The molecule has 1 heterocycles. The van der Waals surface area contributed by atoms with Crippen molar-refractivity contribution in [3.05, 3.63) is 35.4 Å². The minimum Gasteiger partial charge on any atom is -0.382 e. The topological polar surface area (TPSA) is 50.7 Å². The van der Waals surface area contributed by atoms with Crippen LogP contribution in [0.1, 0.15) is 12.0 Å². The molecule has 0 radical (unpaired) electrons. The molecule has 1 N–H and O–H groups in total. The van der Waals surface area contributed by atoms with Crippen LogP contribution >= 0.6 is 0 Å². The zero-order chi connectivity index (χ0) is 12.4. The molecule has 0 saturated carbocycles. The van der Waals surface area contributed by atoms with Crippen molar-refractivity contribution in [3.63, 3.8) is 0 Å².